The normalized spacial score (nSPS) is 12.9. The summed E-state index contributed by atoms with van der Waals surface area (Å²) in [6.07, 6.45) is 0. The summed E-state index contributed by atoms with van der Waals surface area (Å²) in [6, 6.07) is 14.8. The van der Waals surface area contributed by atoms with Gasteiger partial charge in [0.1, 0.15) is 12.4 Å². The molecule has 0 saturated carbocycles. The third-order valence-corrected chi connectivity index (χ3v) is 6.34. The molecule has 0 radical (unpaired) electrons. The van der Waals surface area contributed by atoms with Gasteiger partial charge in [-0.1, -0.05) is 50.2 Å². The van der Waals surface area contributed by atoms with E-state index < -0.39 is 0 Å². The lowest BCUT2D eigenvalue weighted by atomic mass is 9.91. The highest BCUT2D eigenvalue weighted by Gasteiger charge is 2.22. The Balaban J connectivity index is 0.00000320. The quantitative estimate of drug-likeness (QED) is 0.263. The molecule has 3 rings (SSSR count). The first-order valence-electron chi connectivity index (χ1n) is 9.85. The first-order chi connectivity index (χ1) is 13.9. The molecule has 2 N–H and O–H groups in total. The number of hydrogen-bond donors (Lipinski definition) is 2. The zero-order chi connectivity index (χ0) is 20.9. The van der Waals surface area contributed by atoms with Crippen molar-refractivity contribution in [3.05, 3.63) is 69.9 Å². The van der Waals surface area contributed by atoms with E-state index in [9.17, 15) is 0 Å². The molecule has 0 fully saturated rings. The fraction of sp³-hybridized carbons (Fsp3) is 0.409. The van der Waals surface area contributed by atoms with Gasteiger partial charge in [0.05, 0.1) is 6.04 Å². The van der Waals surface area contributed by atoms with Crippen LogP contribution in [0.4, 0.5) is 0 Å². The molecule has 0 bridgehead atoms. The van der Waals surface area contributed by atoms with Crippen LogP contribution >= 0.6 is 35.3 Å². The maximum Gasteiger partial charge on any atom is 0.192 e. The Labute approximate surface area is 200 Å². The Bertz CT molecular complexity index is 934. The molecule has 2 aromatic heterocycles. The number of thiophene rings is 1. The van der Waals surface area contributed by atoms with Crippen molar-refractivity contribution < 1.29 is 0 Å². The zero-order valence-electron chi connectivity index (χ0n) is 18.2. The molecular formula is C22H31IN6S. The van der Waals surface area contributed by atoms with E-state index >= 15 is 0 Å². The second kappa shape index (κ2) is 10.9. The van der Waals surface area contributed by atoms with Gasteiger partial charge in [0.2, 0.25) is 0 Å². The summed E-state index contributed by atoms with van der Waals surface area (Å²) >= 11 is 1.79. The molecule has 6 nitrogen and oxygen atoms in total. The summed E-state index contributed by atoms with van der Waals surface area (Å²) in [5, 5.41) is 17.5. The number of nitrogens with one attached hydrogen (secondary N) is 2. The molecule has 30 heavy (non-hydrogen) atoms. The Morgan fingerprint density at radius 2 is 1.90 bits per heavy atom. The largest absolute Gasteiger partial charge is 0.355 e. The maximum atomic E-state index is 4.79. The smallest absolute Gasteiger partial charge is 0.192 e. The highest BCUT2D eigenvalue weighted by atomic mass is 127. The second-order valence-electron chi connectivity index (χ2n) is 7.88. The molecule has 8 heteroatoms. The molecule has 3 aromatic rings. The minimum Gasteiger partial charge on any atom is -0.355 e. The number of aryl methyl sites for hydroxylation is 1. The van der Waals surface area contributed by atoms with Crippen molar-refractivity contribution in [3.8, 4) is 0 Å². The van der Waals surface area contributed by atoms with Gasteiger partial charge in [-0.05, 0) is 30.9 Å². The average molecular weight is 539 g/mol. The molecule has 0 aliphatic heterocycles. The first-order valence-corrected chi connectivity index (χ1v) is 10.7. The second-order valence-corrected chi connectivity index (χ2v) is 8.83. The van der Waals surface area contributed by atoms with Crippen LogP contribution in [-0.4, -0.2) is 27.3 Å². The predicted octanol–water partition coefficient (Wildman–Crippen LogP) is 4.58. The van der Waals surface area contributed by atoms with Crippen molar-refractivity contribution in [2.75, 3.05) is 6.54 Å². The molecule has 1 aromatic carbocycles. The van der Waals surface area contributed by atoms with Gasteiger partial charge in [-0.15, -0.1) is 45.5 Å². The lowest BCUT2D eigenvalue weighted by Gasteiger charge is -2.26. The van der Waals surface area contributed by atoms with Crippen molar-refractivity contribution in [2.45, 2.75) is 45.7 Å². The average Bonchev–Trinajstić information content (AvgIpc) is 3.37. The maximum absolute atomic E-state index is 4.79. The number of benzene rings is 1. The van der Waals surface area contributed by atoms with E-state index in [1.54, 1.807) is 11.3 Å². The van der Waals surface area contributed by atoms with Crippen LogP contribution in [0.3, 0.4) is 0 Å². The molecule has 0 spiro atoms. The number of aromatic nitrogens is 3. The van der Waals surface area contributed by atoms with E-state index in [1.165, 1.54) is 10.4 Å². The van der Waals surface area contributed by atoms with E-state index in [2.05, 4.69) is 83.4 Å². The molecule has 0 aliphatic carbocycles. The van der Waals surface area contributed by atoms with Gasteiger partial charge in [0.25, 0.3) is 0 Å². The number of hydrogen-bond acceptors (Lipinski definition) is 4. The monoisotopic (exact) mass is 538 g/mol. The topological polar surface area (TPSA) is 67.1 Å². The number of halogens is 1. The molecule has 0 amide bonds. The number of nitrogens with zero attached hydrogens (tertiary/aromatic N) is 4. The number of guanidine groups is 1. The van der Waals surface area contributed by atoms with E-state index in [4.69, 9.17) is 4.99 Å². The Kier molecular flexibility index (Phi) is 8.84. The fourth-order valence-electron chi connectivity index (χ4n) is 2.98. The van der Waals surface area contributed by atoms with Gasteiger partial charge in [-0.2, -0.15) is 0 Å². The van der Waals surface area contributed by atoms with Gasteiger partial charge in [0.15, 0.2) is 11.8 Å². The molecule has 2 heterocycles. The molecule has 162 valence electrons. The van der Waals surface area contributed by atoms with Crippen LogP contribution in [-0.2, 0) is 19.0 Å². The summed E-state index contributed by atoms with van der Waals surface area (Å²) < 4.78 is 1.97. The van der Waals surface area contributed by atoms with E-state index in [0.717, 1.165) is 24.2 Å². The third kappa shape index (κ3) is 6.28. The van der Waals surface area contributed by atoms with E-state index in [0.29, 0.717) is 6.54 Å². The minimum atomic E-state index is 0. The summed E-state index contributed by atoms with van der Waals surface area (Å²) in [6.45, 7) is 9.82. The van der Waals surface area contributed by atoms with Crippen molar-refractivity contribution in [1.82, 2.24) is 25.4 Å². The van der Waals surface area contributed by atoms with Gasteiger partial charge >= 0.3 is 0 Å². The predicted molar refractivity (Wildman–Crippen MR) is 136 cm³/mol. The fourth-order valence-corrected chi connectivity index (χ4v) is 3.83. The summed E-state index contributed by atoms with van der Waals surface area (Å²) in [7, 11) is 1.97. The highest BCUT2D eigenvalue weighted by molar-refractivity contribution is 14.0. The van der Waals surface area contributed by atoms with Crippen molar-refractivity contribution in [3.63, 3.8) is 0 Å². The van der Waals surface area contributed by atoms with Crippen LogP contribution in [0.1, 0.15) is 48.9 Å². The van der Waals surface area contributed by atoms with Crippen molar-refractivity contribution in [2.24, 2.45) is 12.0 Å². The Morgan fingerprint density at radius 1 is 1.17 bits per heavy atom. The lowest BCUT2D eigenvalue weighted by molar-refractivity contribution is 0.514. The standard InChI is InChI=1S/C22H30N6S.HI/c1-16(18-10-7-6-8-11-18)25-21(23-14-20-27-26-17(2)28(20)5)24-15-22(3,4)19-12-9-13-29-19;/h6-13,16H,14-15H2,1-5H3,(H2,23,24,25);1H. The van der Waals surface area contributed by atoms with Crippen molar-refractivity contribution >= 4 is 41.3 Å². The SMILES string of the molecule is Cc1nnc(CN=C(NCC(C)(C)c2cccs2)NC(C)c2ccccc2)n1C.I. The summed E-state index contributed by atoms with van der Waals surface area (Å²) in [4.78, 5) is 6.14. The van der Waals surface area contributed by atoms with E-state index in [1.807, 2.05) is 24.6 Å². The molecule has 1 unspecified atom stereocenters. The van der Waals surface area contributed by atoms with Crippen LogP contribution in [0, 0.1) is 6.92 Å². The van der Waals surface area contributed by atoms with Crippen LogP contribution in [0.2, 0.25) is 0 Å². The lowest BCUT2D eigenvalue weighted by Crippen LogP contribution is -2.44. The molecule has 0 saturated heterocycles. The third-order valence-electron chi connectivity index (χ3n) is 5.10. The van der Waals surface area contributed by atoms with Gasteiger partial charge < -0.3 is 15.2 Å². The summed E-state index contributed by atoms with van der Waals surface area (Å²) in [5.74, 6) is 2.49. The molecule has 1 atom stereocenters. The summed E-state index contributed by atoms with van der Waals surface area (Å²) in [5.41, 5.74) is 1.22. The first kappa shape index (κ1) is 24.3. The Morgan fingerprint density at radius 3 is 2.50 bits per heavy atom. The van der Waals surface area contributed by atoms with Gasteiger partial charge in [0, 0.05) is 23.9 Å². The van der Waals surface area contributed by atoms with Crippen LogP contribution in [0.15, 0.2) is 52.8 Å². The number of aliphatic imine (C=N–C) groups is 1. The van der Waals surface area contributed by atoms with E-state index in [-0.39, 0.29) is 35.4 Å². The van der Waals surface area contributed by atoms with Crippen molar-refractivity contribution in [1.29, 1.82) is 0 Å². The number of rotatable bonds is 7. The highest BCUT2D eigenvalue weighted by Crippen LogP contribution is 2.26. The molecule has 0 aliphatic rings. The molecular weight excluding hydrogens is 507 g/mol. The minimum absolute atomic E-state index is 0. The van der Waals surface area contributed by atoms with Crippen LogP contribution < -0.4 is 10.6 Å². The van der Waals surface area contributed by atoms with Gasteiger partial charge in [-0.25, -0.2) is 4.99 Å². The Hall–Kier alpha value is -1.94. The van der Waals surface area contributed by atoms with Crippen LogP contribution in [0.5, 0.6) is 0 Å². The zero-order valence-corrected chi connectivity index (χ0v) is 21.4. The van der Waals surface area contributed by atoms with Crippen LogP contribution in [0.25, 0.3) is 0 Å². The van der Waals surface area contributed by atoms with Gasteiger partial charge in [-0.3, -0.25) is 0 Å².